The second-order valence-electron chi connectivity index (χ2n) is 3.08. The number of rotatable bonds is 3. The van der Waals surface area contributed by atoms with Crippen molar-refractivity contribution in [2.24, 2.45) is 0 Å². The van der Waals surface area contributed by atoms with Crippen LogP contribution in [0.1, 0.15) is 5.69 Å². The number of ether oxygens (including phenoxy) is 1. The van der Waals surface area contributed by atoms with Gasteiger partial charge in [0, 0.05) is 30.2 Å². The zero-order valence-corrected chi connectivity index (χ0v) is 7.95. The van der Waals surface area contributed by atoms with Crippen LogP contribution >= 0.6 is 0 Å². The van der Waals surface area contributed by atoms with Crippen molar-refractivity contribution in [2.75, 3.05) is 13.7 Å². The molecule has 4 nitrogen and oxygen atoms in total. The Morgan fingerprint density at radius 2 is 2.36 bits per heavy atom. The van der Waals surface area contributed by atoms with Gasteiger partial charge in [-0.2, -0.15) is 0 Å². The Bertz CT molecular complexity index is 437. The smallest absolute Gasteiger partial charge is 0.213 e. The predicted molar refractivity (Wildman–Crippen MR) is 53.4 cm³/mol. The van der Waals surface area contributed by atoms with E-state index >= 15 is 0 Å². The normalized spacial score (nSPS) is 10.7. The van der Waals surface area contributed by atoms with Crippen LogP contribution in [0.5, 0.6) is 5.88 Å². The van der Waals surface area contributed by atoms with Gasteiger partial charge in [0.15, 0.2) is 0 Å². The van der Waals surface area contributed by atoms with Crippen LogP contribution in [-0.2, 0) is 6.42 Å². The minimum atomic E-state index is 0.150. The van der Waals surface area contributed by atoms with Crippen LogP contribution in [0, 0.1) is 0 Å². The molecule has 0 amide bonds. The molecule has 0 unspecified atom stereocenters. The summed E-state index contributed by atoms with van der Waals surface area (Å²) in [7, 11) is 1.59. The van der Waals surface area contributed by atoms with Gasteiger partial charge in [0.05, 0.1) is 18.8 Å². The van der Waals surface area contributed by atoms with Gasteiger partial charge in [-0.1, -0.05) is 0 Å². The number of aliphatic hydroxyl groups excluding tert-OH is 1. The van der Waals surface area contributed by atoms with Gasteiger partial charge >= 0.3 is 0 Å². The largest absolute Gasteiger partial charge is 0.481 e. The van der Waals surface area contributed by atoms with Crippen LogP contribution in [0.2, 0.25) is 0 Å². The van der Waals surface area contributed by atoms with Crippen LogP contribution in [0.3, 0.4) is 0 Å². The van der Waals surface area contributed by atoms with Crippen LogP contribution in [0.25, 0.3) is 10.9 Å². The first-order chi connectivity index (χ1) is 6.83. The summed E-state index contributed by atoms with van der Waals surface area (Å²) in [6.45, 7) is 0.150. The van der Waals surface area contributed by atoms with Crippen LogP contribution in [0.4, 0.5) is 0 Å². The lowest BCUT2D eigenvalue weighted by molar-refractivity contribution is 0.298. The van der Waals surface area contributed by atoms with Crippen molar-refractivity contribution in [2.45, 2.75) is 6.42 Å². The Morgan fingerprint density at radius 1 is 1.50 bits per heavy atom. The van der Waals surface area contributed by atoms with Crippen LogP contribution in [-0.4, -0.2) is 28.8 Å². The number of aromatic amines is 1. The van der Waals surface area contributed by atoms with Gasteiger partial charge in [0.1, 0.15) is 0 Å². The second-order valence-corrected chi connectivity index (χ2v) is 3.08. The fraction of sp³-hybridized carbons (Fsp3) is 0.300. The molecule has 0 saturated carbocycles. The van der Waals surface area contributed by atoms with E-state index in [0.29, 0.717) is 12.3 Å². The minimum absolute atomic E-state index is 0.150. The van der Waals surface area contributed by atoms with Crippen LogP contribution < -0.4 is 4.74 Å². The molecule has 2 N–H and O–H groups in total. The molecule has 4 heteroatoms. The fourth-order valence-corrected chi connectivity index (χ4v) is 1.44. The molecule has 0 fully saturated rings. The number of methoxy groups -OCH3 is 1. The molecule has 0 saturated heterocycles. The summed E-state index contributed by atoms with van der Waals surface area (Å²) in [4.78, 5) is 7.25. The average molecular weight is 192 g/mol. The highest BCUT2D eigenvalue weighted by Gasteiger charge is 2.02. The summed E-state index contributed by atoms with van der Waals surface area (Å²) in [5.74, 6) is 0.604. The number of hydrogen-bond acceptors (Lipinski definition) is 3. The van der Waals surface area contributed by atoms with Crippen molar-refractivity contribution in [3.05, 3.63) is 24.0 Å². The predicted octanol–water partition coefficient (Wildman–Crippen LogP) is 1.11. The molecule has 0 aliphatic rings. The van der Waals surface area contributed by atoms with E-state index in [9.17, 15) is 0 Å². The monoisotopic (exact) mass is 192 g/mol. The van der Waals surface area contributed by atoms with E-state index in [1.807, 2.05) is 12.1 Å². The van der Waals surface area contributed by atoms with Crippen molar-refractivity contribution < 1.29 is 9.84 Å². The molecular weight excluding hydrogens is 180 g/mol. The van der Waals surface area contributed by atoms with Crippen molar-refractivity contribution >= 4 is 10.9 Å². The molecule has 0 atom stereocenters. The number of nitrogens with zero attached hydrogens (tertiary/aromatic N) is 1. The third-order valence-corrected chi connectivity index (χ3v) is 2.13. The molecule has 0 bridgehead atoms. The minimum Gasteiger partial charge on any atom is -0.481 e. The molecule has 2 aromatic rings. The summed E-state index contributed by atoms with van der Waals surface area (Å²) in [5, 5.41) is 9.84. The van der Waals surface area contributed by atoms with E-state index in [2.05, 4.69) is 9.97 Å². The van der Waals surface area contributed by atoms with Gasteiger partial charge in [-0.05, 0) is 6.07 Å². The van der Waals surface area contributed by atoms with Crippen molar-refractivity contribution in [1.29, 1.82) is 0 Å². The van der Waals surface area contributed by atoms with E-state index in [4.69, 9.17) is 9.84 Å². The maximum Gasteiger partial charge on any atom is 0.213 e. The fourth-order valence-electron chi connectivity index (χ4n) is 1.44. The third-order valence-electron chi connectivity index (χ3n) is 2.13. The summed E-state index contributed by atoms with van der Waals surface area (Å²) in [6, 6.07) is 3.86. The lowest BCUT2D eigenvalue weighted by Crippen LogP contribution is -1.89. The van der Waals surface area contributed by atoms with Crippen molar-refractivity contribution in [1.82, 2.24) is 9.97 Å². The van der Waals surface area contributed by atoms with Gasteiger partial charge < -0.3 is 14.8 Å². The van der Waals surface area contributed by atoms with Crippen molar-refractivity contribution in [3.8, 4) is 5.88 Å². The van der Waals surface area contributed by atoms with Gasteiger partial charge in [-0.15, -0.1) is 0 Å². The Balaban J connectivity index is 2.43. The Morgan fingerprint density at radius 3 is 3.07 bits per heavy atom. The molecule has 2 rings (SSSR count). The summed E-state index contributed by atoms with van der Waals surface area (Å²) < 4.78 is 5.02. The summed E-state index contributed by atoms with van der Waals surface area (Å²) in [6.07, 6.45) is 2.37. The molecule has 0 radical (unpaired) electrons. The maximum absolute atomic E-state index is 8.79. The first-order valence-electron chi connectivity index (χ1n) is 4.46. The van der Waals surface area contributed by atoms with Gasteiger partial charge in [-0.3, -0.25) is 0 Å². The highest BCUT2D eigenvalue weighted by atomic mass is 16.5. The molecule has 0 spiro atoms. The topological polar surface area (TPSA) is 58.1 Å². The van der Waals surface area contributed by atoms with Gasteiger partial charge in [0.2, 0.25) is 5.88 Å². The zero-order valence-electron chi connectivity index (χ0n) is 7.95. The standard InChI is InChI=1S/C10H12N2O2/c1-14-10-5-7-4-8(2-3-13)12-9(7)6-11-10/h4-6,12-13H,2-3H2,1H3. The zero-order chi connectivity index (χ0) is 9.97. The Hall–Kier alpha value is -1.55. The lowest BCUT2D eigenvalue weighted by Gasteiger charge is -1.96. The highest BCUT2D eigenvalue weighted by Crippen LogP contribution is 2.18. The van der Waals surface area contributed by atoms with E-state index in [1.165, 1.54) is 0 Å². The van der Waals surface area contributed by atoms with Crippen molar-refractivity contribution in [3.63, 3.8) is 0 Å². The number of pyridine rings is 1. The number of aromatic nitrogens is 2. The van der Waals surface area contributed by atoms with Gasteiger partial charge in [-0.25, -0.2) is 4.98 Å². The first-order valence-corrected chi connectivity index (χ1v) is 4.46. The molecule has 0 aliphatic carbocycles. The van der Waals surface area contributed by atoms with E-state index < -0.39 is 0 Å². The number of nitrogens with one attached hydrogen (secondary N) is 1. The highest BCUT2D eigenvalue weighted by molar-refractivity contribution is 5.80. The molecule has 2 heterocycles. The third kappa shape index (κ3) is 1.56. The van der Waals surface area contributed by atoms with E-state index in [0.717, 1.165) is 16.6 Å². The summed E-state index contributed by atoms with van der Waals surface area (Å²) in [5.41, 5.74) is 1.98. The number of aliphatic hydroxyl groups is 1. The molecule has 0 aromatic carbocycles. The molecule has 2 aromatic heterocycles. The number of hydrogen-bond donors (Lipinski definition) is 2. The van der Waals surface area contributed by atoms with Gasteiger partial charge in [0.25, 0.3) is 0 Å². The molecule has 0 aliphatic heterocycles. The van der Waals surface area contributed by atoms with E-state index in [-0.39, 0.29) is 6.61 Å². The lowest BCUT2D eigenvalue weighted by atomic mass is 10.3. The first kappa shape index (κ1) is 9.02. The number of fused-ring (bicyclic) bond motifs is 1. The summed E-state index contributed by atoms with van der Waals surface area (Å²) >= 11 is 0. The van der Waals surface area contributed by atoms with E-state index in [1.54, 1.807) is 13.3 Å². The average Bonchev–Trinajstić information content (AvgIpc) is 2.59. The maximum atomic E-state index is 8.79. The van der Waals surface area contributed by atoms with Crippen LogP contribution in [0.15, 0.2) is 18.3 Å². The SMILES string of the molecule is COc1cc2cc(CCO)[nH]c2cn1. The number of H-pyrrole nitrogens is 1. The molecule has 14 heavy (non-hydrogen) atoms. The Kier molecular flexibility index (Phi) is 2.37. The molecule has 74 valence electrons. The Labute approximate surface area is 81.5 Å². The quantitative estimate of drug-likeness (QED) is 0.765. The molecular formula is C10H12N2O2. The second kappa shape index (κ2) is 3.67.